The van der Waals surface area contributed by atoms with Gasteiger partial charge in [0, 0.05) is 10.9 Å². The van der Waals surface area contributed by atoms with Crippen LogP contribution in [0, 0.1) is 5.92 Å². The molecule has 0 heterocycles. The summed E-state index contributed by atoms with van der Waals surface area (Å²) in [6.07, 6.45) is 7.14. The molecule has 0 aliphatic heterocycles. The van der Waals surface area contributed by atoms with E-state index in [0.717, 1.165) is 22.9 Å². The van der Waals surface area contributed by atoms with Crippen molar-refractivity contribution in [1.82, 2.24) is 5.32 Å². The summed E-state index contributed by atoms with van der Waals surface area (Å²) in [5, 5.41) is 3.06. The van der Waals surface area contributed by atoms with Gasteiger partial charge in [0.2, 0.25) is 5.91 Å². The van der Waals surface area contributed by atoms with Crippen molar-refractivity contribution in [3.05, 3.63) is 46.5 Å². The number of nitrogens with one attached hydrogen (secondary N) is 1. The third kappa shape index (κ3) is 3.70. The molecule has 2 unspecified atom stereocenters. The van der Waals surface area contributed by atoms with Gasteiger partial charge in [0.1, 0.15) is 0 Å². The summed E-state index contributed by atoms with van der Waals surface area (Å²) in [6, 6.07) is 8.11. The third-order valence-electron chi connectivity index (χ3n) is 3.29. The lowest BCUT2D eigenvalue weighted by molar-refractivity contribution is -0.122. The molecular weight excluding hydrogens is 290 g/mol. The summed E-state index contributed by atoms with van der Waals surface area (Å²) in [5.74, 6) is 0.568. The number of hydrogen-bond acceptors (Lipinski definition) is 1. The van der Waals surface area contributed by atoms with Crippen LogP contribution in [-0.2, 0) is 4.79 Å². The zero-order valence-corrected chi connectivity index (χ0v) is 12.1. The molecule has 1 aliphatic rings. The van der Waals surface area contributed by atoms with Crippen LogP contribution in [0.4, 0.5) is 0 Å². The van der Waals surface area contributed by atoms with E-state index in [0.29, 0.717) is 12.3 Å². The Kier molecular flexibility index (Phi) is 4.59. The number of carbonyl (C=O) groups is 1. The molecule has 0 spiro atoms. The molecule has 96 valence electrons. The number of hydrogen-bond donors (Lipinski definition) is 1. The minimum Gasteiger partial charge on any atom is -0.350 e. The molecule has 0 saturated heterocycles. The van der Waals surface area contributed by atoms with Gasteiger partial charge in [-0.05, 0) is 43.4 Å². The Labute approximate surface area is 117 Å². The Balaban J connectivity index is 1.88. The van der Waals surface area contributed by atoms with Gasteiger partial charge in [-0.1, -0.05) is 40.2 Å². The van der Waals surface area contributed by atoms with Crippen LogP contribution in [-0.4, -0.2) is 5.91 Å². The van der Waals surface area contributed by atoms with Crippen LogP contribution in [0.15, 0.2) is 40.9 Å². The Bertz CT molecular complexity index is 456. The second-order valence-corrected chi connectivity index (χ2v) is 5.73. The molecule has 1 amide bonds. The maximum Gasteiger partial charge on any atom is 0.221 e. The lowest BCUT2D eigenvalue weighted by Crippen LogP contribution is -2.27. The predicted octanol–water partition coefficient (Wildman–Crippen LogP) is 3.98. The molecule has 1 aromatic rings. The van der Waals surface area contributed by atoms with E-state index >= 15 is 0 Å². The van der Waals surface area contributed by atoms with Crippen LogP contribution < -0.4 is 5.32 Å². The maximum atomic E-state index is 11.9. The van der Waals surface area contributed by atoms with E-state index < -0.39 is 0 Å². The zero-order chi connectivity index (χ0) is 13.0. The minimum absolute atomic E-state index is 0.0559. The lowest BCUT2D eigenvalue weighted by atomic mass is 10.0. The molecule has 1 N–H and O–H groups in total. The highest BCUT2D eigenvalue weighted by atomic mass is 79.9. The molecule has 0 saturated carbocycles. The summed E-state index contributed by atoms with van der Waals surface area (Å²) < 4.78 is 1.04. The van der Waals surface area contributed by atoms with Crippen LogP contribution in [0.25, 0.3) is 0 Å². The predicted molar refractivity (Wildman–Crippen MR) is 77.2 cm³/mol. The fourth-order valence-corrected chi connectivity index (χ4v) is 2.68. The Hall–Kier alpha value is -1.09. The molecule has 0 fully saturated rings. The Morgan fingerprint density at radius 1 is 1.56 bits per heavy atom. The normalized spacial score (nSPS) is 19.8. The highest BCUT2D eigenvalue weighted by Gasteiger charge is 2.16. The first-order chi connectivity index (χ1) is 8.65. The first-order valence-electron chi connectivity index (χ1n) is 6.36. The van der Waals surface area contributed by atoms with Gasteiger partial charge in [0.15, 0.2) is 0 Å². The maximum absolute atomic E-state index is 11.9. The van der Waals surface area contributed by atoms with Gasteiger partial charge < -0.3 is 5.32 Å². The Morgan fingerprint density at radius 2 is 2.39 bits per heavy atom. The first-order valence-corrected chi connectivity index (χ1v) is 7.16. The van der Waals surface area contributed by atoms with Crippen LogP contribution in [0.1, 0.15) is 37.8 Å². The standard InChI is InChI=1S/C15H18BrNO/c1-11(13-7-4-8-14(16)10-13)17-15(18)9-12-5-2-3-6-12/h2,4-5,7-8,10-12H,3,6,9H2,1H3,(H,17,18). The van der Waals surface area contributed by atoms with Gasteiger partial charge >= 0.3 is 0 Å². The molecule has 1 aliphatic carbocycles. The number of rotatable bonds is 4. The number of carbonyl (C=O) groups excluding carboxylic acids is 1. The van der Waals surface area contributed by atoms with Gasteiger partial charge in [-0.3, -0.25) is 4.79 Å². The van der Waals surface area contributed by atoms with E-state index in [4.69, 9.17) is 0 Å². The van der Waals surface area contributed by atoms with Crippen molar-refractivity contribution in [2.24, 2.45) is 5.92 Å². The second-order valence-electron chi connectivity index (χ2n) is 4.81. The first kappa shape index (κ1) is 13.3. The highest BCUT2D eigenvalue weighted by molar-refractivity contribution is 9.10. The van der Waals surface area contributed by atoms with E-state index in [1.807, 2.05) is 31.2 Å². The summed E-state index contributed by atoms with van der Waals surface area (Å²) in [5.41, 5.74) is 1.12. The summed E-state index contributed by atoms with van der Waals surface area (Å²) in [4.78, 5) is 11.9. The average Bonchev–Trinajstić information content (AvgIpc) is 2.81. The monoisotopic (exact) mass is 307 g/mol. The fraction of sp³-hybridized carbons (Fsp3) is 0.400. The van der Waals surface area contributed by atoms with Crippen LogP contribution >= 0.6 is 15.9 Å². The van der Waals surface area contributed by atoms with Gasteiger partial charge in [-0.15, -0.1) is 0 Å². The van der Waals surface area contributed by atoms with Crippen molar-refractivity contribution in [2.75, 3.05) is 0 Å². The zero-order valence-electron chi connectivity index (χ0n) is 10.5. The fourth-order valence-electron chi connectivity index (χ4n) is 2.26. The molecule has 1 aromatic carbocycles. The van der Waals surface area contributed by atoms with Crippen molar-refractivity contribution in [3.63, 3.8) is 0 Å². The largest absolute Gasteiger partial charge is 0.350 e. The highest BCUT2D eigenvalue weighted by Crippen LogP contribution is 2.21. The van der Waals surface area contributed by atoms with Gasteiger partial charge in [-0.25, -0.2) is 0 Å². The van der Waals surface area contributed by atoms with Crippen LogP contribution in [0.3, 0.4) is 0 Å². The van der Waals surface area contributed by atoms with Crippen molar-refractivity contribution in [3.8, 4) is 0 Å². The number of benzene rings is 1. The van der Waals surface area contributed by atoms with E-state index in [-0.39, 0.29) is 11.9 Å². The van der Waals surface area contributed by atoms with Crippen molar-refractivity contribution < 1.29 is 4.79 Å². The topological polar surface area (TPSA) is 29.1 Å². The van der Waals surface area contributed by atoms with E-state index in [9.17, 15) is 4.79 Å². The molecule has 2 atom stereocenters. The van der Waals surface area contributed by atoms with Crippen molar-refractivity contribution >= 4 is 21.8 Å². The molecular formula is C15H18BrNO. The van der Waals surface area contributed by atoms with Crippen molar-refractivity contribution in [1.29, 1.82) is 0 Å². The Morgan fingerprint density at radius 3 is 3.06 bits per heavy atom. The van der Waals surface area contributed by atoms with Gasteiger partial charge in [0.05, 0.1) is 6.04 Å². The van der Waals surface area contributed by atoms with Crippen molar-refractivity contribution in [2.45, 2.75) is 32.2 Å². The molecule has 18 heavy (non-hydrogen) atoms. The van der Waals surface area contributed by atoms with E-state index in [2.05, 4.69) is 33.4 Å². The average molecular weight is 308 g/mol. The van der Waals surface area contributed by atoms with E-state index in [1.165, 1.54) is 0 Å². The quantitative estimate of drug-likeness (QED) is 0.838. The molecule has 0 radical (unpaired) electrons. The smallest absolute Gasteiger partial charge is 0.221 e. The number of halogens is 1. The second kappa shape index (κ2) is 6.19. The summed E-state index contributed by atoms with van der Waals surface area (Å²) >= 11 is 3.45. The molecule has 3 heteroatoms. The summed E-state index contributed by atoms with van der Waals surface area (Å²) in [6.45, 7) is 2.02. The minimum atomic E-state index is 0.0559. The number of allylic oxidation sites excluding steroid dienone is 2. The lowest BCUT2D eigenvalue weighted by Gasteiger charge is -2.16. The molecule has 0 aromatic heterocycles. The summed E-state index contributed by atoms with van der Waals surface area (Å²) in [7, 11) is 0. The SMILES string of the molecule is CC(NC(=O)CC1C=CCC1)c1cccc(Br)c1. The molecule has 2 nitrogen and oxygen atoms in total. The molecule has 0 bridgehead atoms. The van der Waals surface area contributed by atoms with Crippen LogP contribution in [0.5, 0.6) is 0 Å². The van der Waals surface area contributed by atoms with Gasteiger partial charge in [0.25, 0.3) is 0 Å². The van der Waals surface area contributed by atoms with Gasteiger partial charge in [-0.2, -0.15) is 0 Å². The third-order valence-corrected chi connectivity index (χ3v) is 3.78. The van der Waals surface area contributed by atoms with Crippen LogP contribution in [0.2, 0.25) is 0 Å². The molecule has 2 rings (SSSR count). The number of amides is 1. The van der Waals surface area contributed by atoms with E-state index in [1.54, 1.807) is 0 Å².